The van der Waals surface area contributed by atoms with Crippen LogP contribution in [0.25, 0.3) is 0 Å². The minimum atomic E-state index is -3.50. The van der Waals surface area contributed by atoms with Gasteiger partial charge < -0.3 is 5.11 Å². The van der Waals surface area contributed by atoms with Crippen LogP contribution in [-0.4, -0.2) is 30.4 Å². The van der Waals surface area contributed by atoms with Gasteiger partial charge in [0, 0.05) is 12.6 Å². The number of benzene rings is 1. The Bertz CT molecular complexity index is 514. The molecule has 1 rings (SSSR count). The smallest absolute Gasteiger partial charge is 0.243 e. The predicted molar refractivity (Wildman–Crippen MR) is 80.9 cm³/mol. The van der Waals surface area contributed by atoms with E-state index in [1.54, 1.807) is 28.6 Å². The lowest BCUT2D eigenvalue weighted by atomic mass is 10.2. The zero-order chi connectivity index (χ0) is 15.2. The minimum Gasteiger partial charge on any atom is -0.392 e. The van der Waals surface area contributed by atoms with Crippen molar-refractivity contribution in [1.82, 2.24) is 4.31 Å². The summed E-state index contributed by atoms with van der Waals surface area (Å²) in [6.07, 6.45) is 2.59. The summed E-state index contributed by atoms with van der Waals surface area (Å²) < 4.78 is 27.1. The molecule has 0 amide bonds. The molecule has 0 saturated heterocycles. The maximum Gasteiger partial charge on any atom is 0.243 e. The van der Waals surface area contributed by atoms with E-state index in [2.05, 4.69) is 0 Å². The number of aliphatic hydroxyl groups excluding tert-OH is 1. The van der Waals surface area contributed by atoms with Crippen LogP contribution in [0.3, 0.4) is 0 Å². The van der Waals surface area contributed by atoms with E-state index >= 15 is 0 Å². The summed E-state index contributed by atoms with van der Waals surface area (Å²) in [6, 6.07) is 6.52. The Kier molecular flexibility index (Phi) is 6.65. The number of hydrogen-bond donors (Lipinski definition) is 1. The standard InChI is InChI=1S/C15H25NO3S/c1-4-6-10-16(13(3)5-2)20(18,19)15-9-7-8-14(11-15)12-17/h7-9,11,13,17H,4-6,10,12H2,1-3H3. The molecule has 0 aliphatic rings. The summed E-state index contributed by atoms with van der Waals surface area (Å²) in [5.74, 6) is 0. The summed E-state index contributed by atoms with van der Waals surface area (Å²) >= 11 is 0. The maximum atomic E-state index is 12.8. The van der Waals surface area contributed by atoms with Crippen molar-refractivity contribution in [2.24, 2.45) is 0 Å². The van der Waals surface area contributed by atoms with Crippen LogP contribution < -0.4 is 0 Å². The third kappa shape index (κ3) is 4.04. The van der Waals surface area contributed by atoms with Crippen LogP contribution >= 0.6 is 0 Å². The van der Waals surface area contributed by atoms with E-state index in [0.29, 0.717) is 12.1 Å². The molecule has 1 aromatic carbocycles. The third-order valence-electron chi connectivity index (χ3n) is 3.50. The van der Waals surface area contributed by atoms with Gasteiger partial charge in [0.25, 0.3) is 0 Å². The molecule has 20 heavy (non-hydrogen) atoms. The summed E-state index contributed by atoms with van der Waals surface area (Å²) in [5.41, 5.74) is 0.616. The average Bonchev–Trinajstić information content (AvgIpc) is 2.47. The molecule has 0 radical (unpaired) electrons. The van der Waals surface area contributed by atoms with Crippen molar-refractivity contribution >= 4 is 10.0 Å². The van der Waals surface area contributed by atoms with Gasteiger partial charge in [-0.1, -0.05) is 32.4 Å². The molecule has 4 nitrogen and oxygen atoms in total. The molecule has 114 valence electrons. The highest BCUT2D eigenvalue weighted by Crippen LogP contribution is 2.21. The molecule has 1 atom stereocenters. The highest BCUT2D eigenvalue weighted by atomic mass is 32.2. The van der Waals surface area contributed by atoms with Crippen LogP contribution in [-0.2, 0) is 16.6 Å². The first-order chi connectivity index (χ1) is 9.47. The number of unbranched alkanes of at least 4 members (excludes halogenated alkanes) is 1. The molecule has 0 aromatic heterocycles. The predicted octanol–water partition coefficient (Wildman–Crippen LogP) is 2.77. The fourth-order valence-electron chi connectivity index (χ4n) is 2.03. The van der Waals surface area contributed by atoms with E-state index in [-0.39, 0.29) is 17.5 Å². The van der Waals surface area contributed by atoms with Crippen LogP contribution in [0.2, 0.25) is 0 Å². The van der Waals surface area contributed by atoms with Crippen LogP contribution in [0, 0.1) is 0 Å². The summed E-state index contributed by atoms with van der Waals surface area (Å²) in [7, 11) is -3.50. The lowest BCUT2D eigenvalue weighted by molar-refractivity contribution is 0.281. The molecule has 0 heterocycles. The van der Waals surface area contributed by atoms with Crippen molar-refractivity contribution in [3.05, 3.63) is 29.8 Å². The fraction of sp³-hybridized carbons (Fsp3) is 0.600. The number of sulfonamides is 1. The summed E-state index contributed by atoms with van der Waals surface area (Å²) in [5, 5.41) is 9.15. The van der Waals surface area contributed by atoms with Crippen molar-refractivity contribution in [2.45, 2.75) is 57.6 Å². The van der Waals surface area contributed by atoms with Crippen LogP contribution in [0.4, 0.5) is 0 Å². The first kappa shape index (κ1) is 17.1. The molecular formula is C15H25NO3S. The Morgan fingerprint density at radius 2 is 2.00 bits per heavy atom. The van der Waals surface area contributed by atoms with E-state index in [4.69, 9.17) is 5.11 Å². The second-order valence-electron chi connectivity index (χ2n) is 5.03. The van der Waals surface area contributed by atoms with Gasteiger partial charge >= 0.3 is 0 Å². The molecule has 0 aliphatic carbocycles. The van der Waals surface area contributed by atoms with Gasteiger partial charge in [0.15, 0.2) is 0 Å². The van der Waals surface area contributed by atoms with Gasteiger partial charge in [0.2, 0.25) is 10.0 Å². The van der Waals surface area contributed by atoms with Crippen molar-refractivity contribution in [1.29, 1.82) is 0 Å². The van der Waals surface area contributed by atoms with Crippen molar-refractivity contribution in [3.8, 4) is 0 Å². The molecule has 1 aromatic rings. The second kappa shape index (κ2) is 7.76. The maximum absolute atomic E-state index is 12.8. The van der Waals surface area contributed by atoms with E-state index in [1.807, 2.05) is 20.8 Å². The Morgan fingerprint density at radius 3 is 2.55 bits per heavy atom. The first-order valence-electron chi connectivity index (χ1n) is 7.19. The Balaban J connectivity index is 3.14. The minimum absolute atomic E-state index is 0.0238. The highest BCUT2D eigenvalue weighted by Gasteiger charge is 2.27. The van der Waals surface area contributed by atoms with Crippen molar-refractivity contribution in [2.75, 3.05) is 6.54 Å². The fourth-order valence-corrected chi connectivity index (χ4v) is 3.85. The molecule has 5 heteroatoms. The molecule has 1 N–H and O–H groups in total. The number of aliphatic hydroxyl groups is 1. The largest absolute Gasteiger partial charge is 0.392 e. The topological polar surface area (TPSA) is 57.6 Å². The van der Waals surface area contributed by atoms with Gasteiger partial charge in [0.1, 0.15) is 0 Å². The van der Waals surface area contributed by atoms with Gasteiger partial charge in [-0.2, -0.15) is 4.31 Å². The van der Waals surface area contributed by atoms with Gasteiger partial charge in [0.05, 0.1) is 11.5 Å². The van der Waals surface area contributed by atoms with E-state index in [1.165, 1.54) is 0 Å². The Morgan fingerprint density at radius 1 is 1.30 bits per heavy atom. The van der Waals surface area contributed by atoms with Crippen LogP contribution in [0.15, 0.2) is 29.2 Å². The van der Waals surface area contributed by atoms with Crippen LogP contribution in [0.5, 0.6) is 0 Å². The number of hydrogen-bond acceptors (Lipinski definition) is 3. The third-order valence-corrected chi connectivity index (χ3v) is 5.51. The van der Waals surface area contributed by atoms with E-state index < -0.39 is 10.0 Å². The molecule has 0 saturated carbocycles. The van der Waals surface area contributed by atoms with Crippen molar-refractivity contribution in [3.63, 3.8) is 0 Å². The van der Waals surface area contributed by atoms with Crippen molar-refractivity contribution < 1.29 is 13.5 Å². The Hall–Kier alpha value is -0.910. The highest BCUT2D eigenvalue weighted by molar-refractivity contribution is 7.89. The lowest BCUT2D eigenvalue weighted by Gasteiger charge is -2.27. The monoisotopic (exact) mass is 299 g/mol. The summed E-state index contributed by atoms with van der Waals surface area (Å²) in [6.45, 7) is 6.36. The second-order valence-corrected chi connectivity index (χ2v) is 6.92. The summed E-state index contributed by atoms with van der Waals surface area (Å²) in [4.78, 5) is 0.264. The zero-order valence-electron chi connectivity index (χ0n) is 12.5. The van der Waals surface area contributed by atoms with Gasteiger partial charge in [-0.15, -0.1) is 0 Å². The molecule has 0 spiro atoms. The van der Waals surface area contributed by atoms with Gasteiger partial charge in [-0.05, 0) is 37.5 Å². The van der Waals surface area contributed by atoms with E-state index in [0.717, 1.165) is 19.3 Å². The molecule has 0 fully saturated rings. The quantitative estimate of drug-likeness (QED) is 0.803. The lowest BCUT2D eigenvalue weighted by Crippen LogP contribution is -2.39. The van der Waals surface area contributed by atoms with E-state index in [9.17, 15) is 8.42 Å². The van der Waals surface area contributed by atoms with Gasteiger partial charge in [-0.3, -0.25) is 0 Å². The number of rotatable bonds is 8. The van der Waals surface area contributed by atoms with Crippen LogP contribution in [0.1, 0.15) is 45.6 Å². The average molecular weight is 299 g/mol. The normalized spacial score (nSPS) is 13.7. The SMILES string of the molecule is CCCCN(C(C)CC)S(=O)(=O)c1cccc(CO)c1. The molecular weight excluding hydrogens is 274 g/mol. The zero-order valence-corrected chi connectivity index (χ0v) is 13.4. The molecule has 1 unspecified atom stereocenters. The first-order valence-corrected chi connectivity index (χ1v) is 8.63. The molecule has 0 bridgehead atoms. The molecule has 0 aliphatic heterocycles. The number of nitrogens with zero attached hydrogens (tertiary/aromatic N) is 1. The Labute approximate surface area is 122 Å². The van der Waals surface area contributed by atoms with Gasteiger partial charge in [-0.25, -0.2) is 8.42 Å².